The molecule has 27 heavy (non-hydrogen) atoms. The molecule has 2 aliphatic rings. The quantitative estimate of drug-likeness (QED) is 0.782. The fourth-order valence-corrected chi connectivity index (χ4v) is 3.56. The summed E-state index contributed by atoms with van der Waals surface area (Å²) in [7, 11) is 0. The molecule has 0 radical (unpaired) electrons. The van der Waals surface area contributed by atoms with Crippen molar-refractivity contribution in [3.63, 3.8) is 0 Å². The molecule has 0 unspecified atom stereocenters. The minimum atomic E-state index is -0.0162. The van der Waals surface area contributed by atoms with Crippen molar-refractivity contribution in [2.24, 2.45) is 5.92 Å². The third-order valence-electron chi connectivity index (χ3n) is 5.21. The summed E-state index contributed by atoms with van der Waals surface area (Å²) in [5.41, 5.74) is 2.85. The lowest BCUT2D eigenvalue weighted by Crippen LogP contribution is -2.38. The number of anilines is 1. The fourth-order valence-electron chi connectivity index (χ4n) is 3.56. The molecule has 0 N–H and O–H groups in total. The zero-order chi connectivity index (χ0) is 18.8. The van der Waals surface area contributed by atoms with E-state index in [1.165, 1.54) is 0 Å². The van der Waals surface area contributed by atoms with Gasteiger partial charge >= 0.3 is 0 Å². The molecule has 6 heteroatoms. The number of benzene rings is 1. The Labute approximate surface area is 160 Å². The van der Waals surface area contributed by atoms with E-state index >= 15 is 0 Å². The van der Waals surface area contributed by atoms with Crippen LogP contribution in [0.25, 0.3) is 11.3 Å². The molecular formula is C21H27N3O3. The van der Waals surface area contributed by atoms with E-state index in [0.717, 1.165) is 48.6 Å². The highest BCUT2D eigenvalue weighted by Crippen LogP contribution is 2.36. The van der Waals surface area contributed by atoms with E-state index < -0.39 is 0 Å². The van der Waals surface area contributed by atoms with Gasteiger partial charge in [-0.05, 0) is 12.8 Å². The van der Waals surface area contributed by atoms with Gasteiger partial charge in [-0.15, -0.1) is 0 Å². The summed E-state index contributed by atoms with van der Waals surface area (Å²) in [6, 6.07) is 10.4. The lowest BCUT2D eigenvalue weighted by atomic mass is 10.1. The van der Waals surface area contributed by atoms with E-state index in [4.69, 9.17) is 9.26 Å². The molecule has 4 rings (SSSR count). The molecule has 0 spiro atoms. The van der Waals surface area contributed by atoms with Gasteiger partial charge in [-0.1, -0.05) is 49.3 Å². The van der Waals surface area contributed by atoms with Crippen LogP contribution in [-0.4, -0.2) is 48.3 Å². The highest BCUT2D eigenvalue weighted by Gasteiger charge is 2.36. The second-order valence-electron chi connectivity index (χ2n) is 7.63. The summed E-state index contributed by atoms with van der Waals surface area (Å²) >= 11 is 0. The lowest BCUT2D eigenvalue weighted by Gasteiger charge is -2.29. The Bertz CT molecular complexity index is 777. The van der Waals surface area contributed by atoms with Crippen molar-refractivity contribution in [3.8, 4) is 11.3 Å². The van der Waals surface area contributed by atoms with Crippen LogP contribution < -0.4 is 4.90 Å². The molecule has 1 amide bonds. The van der Waals surface area contributed by atoms with Crippen molar-refractivity contribution in [1.29, 1.82) is 0 Å². The zero-order valence-corrected chi connectivity index (χ0v) is 16.1. The Kier molecular flexibility index (Phi) is 5.16. The largest absolute Gasteiger partial charge is 0.378 e. The van der Waals surface area contributed by atoms with E-state index in [2.05, 4.69) is 10.1 Å². The second kappa shape index (κ2) is 7.72. The highest BCUT2D eigenvalue weighted by atomic mass is 16.5. The van der Waals surface area contributed by atoms with E-state index in [-0.39, 0.29) is 11.8 Å². The molecule has 144 valence electrons. The van der Waals surface area contributed by atoms with Crippen LogP contribution in [0, 0.1) is 5.92 Å². The molecule has 1 saturated heterocycles. The van der Waals surface area contributed by atoms with Crippen LogP contribution in [0.4, 0.5) is 5.88 Å². The number of carbonyl (C=O) groups excluding carboxylic acids is 1. The average molecular weight is 369 g/mol. The maximum atomic E-state index is 12.8. The number of amides is 1. The first-order valence-corrected chi connectivity index (χ1v) is 9.82. The molecule has 0 atom stereocenters. The van der Waals surface area contributed by atoms with Crippen molar-refractivity contribution < 1.29 is 14.1 Å². The SMILES string of the molecule is CC(C)C(=O)N(Cc1c(-c2ccccc2)noc1N1CCOCC1)C1CC1. The topological polar surface area (TPSA) is 58.8 Å². The summed E-state index contributed by atoms with van der Waals surface area (Å²) in [5.74, 6) is 0.961. The number of hydrogen-bond donors (Lipinski definition) is 0. The van der Waals surface area contributed by atoms with E-state index in [1.807, 2.05) is 49.1 Å². The molecule has 2 heterocycles. The molecule has 1 saturated carbocycles. The van der Waals surface area contributed by atoms with Crippen molar-refractivity contribution in [2.75, 3.05) is 31.2 Å². The standard InChI is InChI=1S/C21H27N3O3/c1-15(2)20(25)24(17-8-9-17)14-18-19(16-6-4-3-5-7-16)22-27-21(18)23-10-12-26-13-11-23/h3-7,15,17H,8-14H2,1-2H3. The molecule has 1 aromatic carbocycles. The molecule has 2 fully saturated rings. The second-order valence-corrected chi connectivity index (χ2v) is 7.63. The number of carbonyl (C=O) groups is 1. The summed E-state index contributed by atoms with van der Waals surface area (Å²) in [4.78, 5) is 17.0. The Hall–Kier alpha value is -2.34. The van der Waals surface area contributed by atoms with Crippen LogP contribution in [0.1, 0.15) is 32.3 Å². The van der Waals surface area contributed by atoms with Gasteiger partial charge in [-0.2, -0.15) is 0 Å². The van der Waals surface area contributed by atoms with Gasteiger partial charge in [0.25, 0.3) is 0 Å². The highest BCUT2D eigenvalue weighted by molar-refractivity contribution is 5.79. The van der Waals surface area contributed by atoms with Crippen LogP contribution in [0.15, 0.2) is 34.9 Å². The van der Waals surface area contributed by atoms with Gasteiger partial charge in [0.05, 0.1) is 25.3 Å². The molecule has 1 aliphatic heterocycles. The number of rotatable bonds is 6. The number of nitrogens with zero attached hydrogens (tertiary/aromatic N) is 3. The van der Waals surface area contributed by atoms with Crippen LogP contribution in [0.2, 0.25) is 0 Å². The first-order valence-electron chi connectivity index (χ1n) is 9.82. The van der Waals surface area contributed by atoms with Crippen LogP contribution >= 0.6 is 0 Å². The summed E-state index contributed by atoms with van der Waals surface area (Å²) < 4.78 is 11.3. The van der Waals surface area contributed by atoms with Crippen LogP contribution in [-0.2, 0) is 16.1 Å². The van der Waals surface area contributed by atoms with Gasteiger partial charge in [-0.25, -0.2) is 0 Å². The predicted octanol–water partition coefficient (Wildman–Crippen LogP) is 3.33. The maximum absolute atomic E-state index is 12.8. The molecule has 1 aromatic heterocycles. The minimum Gasteiger partial charge on any atom is -0.378 e. The average Bonchev–Trinajstić information content (AvgIpc) is 3.46. The smallest absolute Gasteiger partial charge is 0.233 e. The van der Waals surface area contributed by atoms with E-state index in [0.29, 0.717) is 25.8 Å². The van der Waals surface area contributed by atoms with Crippen molar-refractivity contribution >= 4 is 11.8 Å². The lowest BCUT2D eigenvalue weighted by molar-refractivity contribution is -0.135. The van der Waals surface area contributed by atoms with Gasteiger partial charge in [0.15, 0.2) is 0 Å². The van der Waals surface area contributed by atoms with E-state index in [1.54, 1.807) is 0 Å². The number of aromatic nitrogens is 1. The summed E-state index contributed by atoms with van der Waals surface area (Å²) in [5, 5.41) is 4.40. The third-order valence-corrected chi connectivity index (χ3v) is 5.21. The van der Waals surface area contributed by atoms with Crippen LogP contribution in [0.5, 0.6) is 0 Å². The number of hydrogen-bond acceptors (Lipinski definition) is 5. The van der Waals surface area contributed by atoms with Crippen molar-refractivity contribution in [3.05, 3.63) is 35.9 Å². The first-order chi connectivity index (χ1) is 13.1. The van der Waals surface area contributed by atoms with Gasteiger partial charge in [-0.3, -0.25) is 4.79 Å². The Morgan fingerprint density at radius 3 is 2.56 bits per heavy atom. The van der Waals surface area contributed by atoms with Crippen molar-refractivity contribution in [1.82, 2.24) is 10.1 Å². The predicted molar refractivity (Wildman–Crippen MR) is 103 cm³/mol. The monoisotopic (exact) mass is 369 g/mol. The van der Waals surface area contributed by atoms with Gasteiger partial charge < -0.3 is 19.1 Å². The first kappa shape index (κ1) is 18.0. The molecule has 6 nitrogen and oxygen atoms in total. The number of ether oxygens (including phenoxy) is 1. The molecule has 1 aliphatic carbocycles. The maximum Gasteiger partial charge on any atom is 0.233 e. The van der Waals surface area contributed by atoms with Gasteiger partial charge in [0.1, 0.15) is 5.69 Å². The van der Waals surface area contributed by atoms with Gasteiger partial charge in [0.2, 0.25) is 11.8 Å². The van der Waals surface area contributed by atoms with E-state index in [9.17, 15) is 4.79 Å². The van der Waals surface area contributed by atoms with Gasteiger partial charge in [0, 0.05) is 30.6 Å². The molecular weight excluding hydrogens is 342 g/mol. The van der Waals surface area contributed by atoms with Crippen molar-refractivity contribution in [2.45, 2.75) is 39.3 Å². The Morgan fingerprint density at radius 1 is 1.22 bits per heavy atom. The fraction of sp³-hybridized carbons (Fsp3) is 0.524. The zero-order valence-electron chi connectivity index (χ0n) is 16.1. The molecule has 0 bridgehead atoms. The Morgan fingerprint density at radius 2 is 1.93 bits per heavy atom. The summed E-state index contributed by atoms with van der Waals surface area (Å²) in [6.45, 7) is 7.38. The number of morpholine rings is 1. The summed E-state index contributed by atoms with van der Waals surface area (Å²) in [6.07, 6.45) is 2.16. The molecule has 2 aromatic rings. The third kappa shape index (κ3) is 3.86. The normalized spacial score (nSPS) is 17.4. The Balaban J connectivity index is 1.71. The van der Waals surface area contributed by atoms with Crippen LogP contribution in [0.3, 0.4) is 0 Å². The minimum absolute atomic E-state index is 0.0162.